The van der Waals surface area contributed by atoms with E-state index < -0.39 is 0 Å². The summed E-state index contributed by atoms with van der Waals surface area (Å²) in [7, 11) is 0. The van der Waals surface area contributed by atoms with E-state index in [1.165, 1.54) is 11.3 Å². The van der Waals surface area contributed by atoms with Crippen molar-refractivity contribution in [2.24, 2.45) is 5.73 Å². The van der Waals surface area contributed by atoms with E-state index in [4.69, 9.17) is 11.5 Å². The van der Waals surface area contributed by atoms with Gasteiger partial charge in [-0.3, -0.25) is 4.79 Å². The predicted molar refractivity (Wildman–Crippen MR) is 73.4 cm³/mol. The monoisotopic (exact) mass is 265 g/mol. The summed E-state index contributed by atoms with van der Waals surface area (Å²) in [4.78, 5) is 19.8. The van der Waals surface area contributed by atoms with Crippen molar-refractivity contribution in [2.75, 3.05) is 17.6 Å². The smallest absolute Gasteiger partial charge is 0.223 e. The Kier molecular flexibility index (Phi) is 3.93. The number of thiophene rings is 1. The van der Waals surface area contributed by atoms with Crippen LogP contribution in [0.15, 0.2) is 11.4 Å². The van der Waals surface area contributed by atoms with E-state index in [1.807, 2.05) is 11.4 Å². The van der Waals surface area contributed by atoms with Crippen LogP contribution in [-0.4, -0.2) is 22.4 Å². The van der Waals surface area contributed by atoms with Crippen molar-refractivity contribution in [1.29, 1.82) is 0 Å². The Balaban J connectivity index is 1.94. The number of nitrogen functional groups attached to an aromatic ring is 1. The molecule has 0 aromatic carbocycles. The van der Waals surface area contributed by atoms with E-state index >= 15 is 0 Å². The van der Waals surface area contributed by atoms with Crippen LogP contribution in [0.25, 0.3) is 10.2 Å². The van der Waals surface area contributed by atoms with Gasteiger partial charge in [0.2, 0.25) is 11.9 Å². The predicted octanol–water partition coefficient (Wildman–Crippen LogP) is 1.34. The first-order valence-electron chi connectivity index (χ1n) is 5.69. The summed E-state index contributed by atoms with van der Waals surface area (Å²) in [6.45, 7) is 0.731. The van der Waals surface area contributed by atoms with E-state index in [0.29, 0.717) is 6.42 Å². The minimum absolute atomic E-state index is 0.262. The van der Waals surface area contributed by atoms with Crippen molar-refractivity contribution in [1.82, 2.24) is 9.97 Å². The van der Waals surface area contributed by atoms with Crippen molar-refractivity contribution >= 4 is 39.2 Å². The Morgan fingerprint density at radius 3 is 3.00 bits per heavy atom. The number of carbonyl (C=O) groups excluding carboxylic acids is 1. The van der Waals surface area contributed by atoms with Crippen LogP contribution in [0, 0.1) is 0 Å². The highest BCUT2D eigenvalue weighted by atomic mass is 32.1. The van der Waals surface area contributed by atoms with E-state index in [0.717, 1.165) is 35.4 Å². The molecule has 0 bridgehead atoms. The number of anilines is 2. The number of hydrogen-bond acceptors (Lipinski definition) is 6. The zero-order chi connectivity index (χ0) is 13.0. The first-order valence-corrected chi connectivity index (χ1v) is 6.57. The zero-order valence-corrected chi connectivity index (χ0v) is 10.7. The Morgan fingerprint density at radius 2 is 2.22 bits per heavy atom. The van der Waals surface area contributed by atoms with Gasteiger partial charge in [0.25, 0.3) is 0 Å². The number of fused-ring (bicyclic) bond motifs is 1. The number of carbonyl (C=O) groups is 1. The Morgan fingerprint density at radius 1 is 1.39 bits per heavy atom. The van der Waals surface area contributed by atoms with E-state index in [9.17, 15) is 4.79 Å². The number of amides is 1. The van der Waals surface area contributed by atoms with Gasteiger partial charge in [0.05, 0.1) is 5.39 Å². The summed E-state index contributed by atoms with van der Waals surface area (Å²) in [5.41, 5.74) is 10.7. The molecule has 0 aliphatic carbocycles. The fourth-order valence-corrected chi connectivity index (χ4v) is 2.41. The summed E-state index contributed by atoms with van der Waals surface area (Å²) in [6, 6.07) is 1.96. The second-order valence-corrected chi connectivity index (χ2v) is 4.81. The van der Waals surface area contributed by atoms with Gasteiger partial charge in [-0.25, -0.2) is 4.98 Å². The Hall–Kier alpha value is -1.89. The number of hydrogen-bond donors (Lipinski definition) is 3. The normalized spacial score (nSPS) is 10.7. The van der Waals surface area contributed by atoms with Crippen molar-refractivity contribution < 1.29 is 4.79 Å². The first kappa shape index (κ1) is 12.6. The molecule has 96 valence electrons. The number of unbranched alkanes of at least 4 members (excludes halogenated alkanes) is 1. The topological polar surface area (TPSA) is 107 Å². The molecule has 2 rings (SSSR count). The van der Waals surface area contributed by atoms with Crippen LogP contribution in [0.3, 0.4) is 0 Å². The van der Waals surface area contributed by atoms with E-state index in [-0.39, 0.29) is 11.9 Å². The van der Waals surface area contributed by atoms with Gasteiger partial charge >= 0.3 is 0 Å². The minimum Gasteiger partial charge on any atom is -0.370 e. The molecule has 18 heavy (non-hydrogen) atoms. The second-order valence-electron chi connectivity index (χ2n) is 3.92. The molecule has 5 N–H and O–H groups in total. The molecule has 0 fully saturated rings. The van der Waals surface area contributed by atoms with E-state index in [1.54, 1.807) is 0 Å². The maximum absolute atomic E-state index is 10.6. The molecule has 2 heterocycles. The Labute approximate surface area is 108 Å². The summed E-state index contributed by atoms with van der Waals surface area (Å²) >= 11 is 1.53. The molecule has 7 heteroatoms. The van der Waals surface area contributed by atoms with Gasteiger partial charge < -0.3 is 16.8 Å². The van der Waals surface area contributed by atoms with Crippen molar-refractivity contribution in [2.45, 2.75) is 19.3 Å². The molecule has 0 atom stereocenters. The van der Waals surface area contributed by atoms with Crippen molar-refractivity contribution in [3.8, 4) is 0 Å². The molecule has 6 nitrogen and oxygen atoms in total. The molecule has 0 spiro atoms. The third-order valence-corrected chi connectivity index (χ3v) is 3.29. The van der Waals surface area contributed by atoms with Gasteiger partial charge in [-0.05, 0) is 24.3 Å². The van der Waals surface area contributed by atoms with Crippen molar-refractivity contribution in [3.63, 3.8) is 0 Å². The highest BCUT2D eigenvalue weighted by molar-refractivity contribution is 7.16. The standard InChI is InChI=1S/C11H15N5OS/c12-8(17)3-1-2-5-14-9-7-4-6-18-10(7)16-11(13)15-9/h4,6H,1-3,5H2,(H2,12,17)(H3,13,14,15,16). The maximum atomic E-state index is 10.6. The molecule has 0 aliphatic heterocycles. The third-order valence-electron chi connectivity index (χ3n) is 2.48. The Bertz CT molecular complexity index is 553. The first-order chi connectivity index (χ1) is 8.66. The molecule has 0 radical (unpaired) electrons. The number of nitrogens with two attached hydrogens (primary N) is 2. The number of nitrogens with one attached hydrogen (secondary N) is 1. The maximum Gasteiger partial charge on any atom is 0.223 e. The minimum atomic E-state index is -0.262. The summed E-state index contributed by atoms with van der Waals surface area (Å²) in [6.07, 6.45) is 2.05. The molecule has 0 saturated heterocycles. The van der Waals surface area contributed by atoms with Gasteiger partial charge in [-0.2, -0.15) is 4.98 Å². The molecule has 0 aliphatic rings. The molecule has 0 unspecified atom stereocenters. The summed E-state index contributed by atoms with van der Waals surface area (Å²) in [5, 5.41) is 6.14. The van der Waals surface area contributed by atoms with Crippen molar-refractivity contribution in [3.05, 3.63) is 11.4 Å². The van der Waals surface area contributed by atoms with Crippen LogP contribution in [0.4, 0.5) is 11.8 Å². The van der Waals surface area contributed by atoms with Crippen LogP contribution in [0.5, 0.6) is 0 Å². The number of rotatable bonds is 6. The SMILES string of the molecule is NC(=O)CCCCNc1nc(N)nc2sccc12. The molecule has 1 amide bonds. The van der Waals surface area contributed by atoms with Gasteiger partial charge in [-0.1, -0.05) is 0 Å². The number of aromatic nitrogens is 2. The van der Waals surface area contributed by atoms with Crippen LogP contribution < -0.4 is 16.8 Å². The average Bonchev–Trinajstić information content (AvgIpc) is 2.75. The van der Waals surface area contributed by atoms with E-state index in [2.05, 4.69) is 15.3 Å². The fraction of sp³-hybridized carbons (Fsp3) is 0.364. The fourth-order valence-electron chi connectivity index (χ4n) is 1.64. The average molecular weight is 265 g/mol. The second kappa shape index (κ2) is 5.63. The molecule has 2 aromatic rings. The largest absolute Gasteiger partial charge is 0.370 e. The van der Waals surface area contributed by atoms with Crippen LogP contribution >= 0.6 is 11.3 Å². The zero-order valence-electron chi connectivity index (χ0n) is 9.85. The third kappa shape index (κ3) is 3.07. The molecular weight excluding hydrogens is 250 g/mol. The lowest BCUT2D eigenvalue weighted by atomic mass is 10.2. The quantitative estimate of drug-likeness (QED) is 0.683. The van der Waals surface area contributed by atoms with Gasteiger partial charge in [0.1, 0.15) is 10.6 Å². The lowest BCUT2D eigenvalue weighted by Crippen LogP contribution is -2.11. The molecule has 2 aromatic heterocycles. The highest BCUT2D eigenvalue weighted by Crippen LogP contribution is 2.25. The van der Waals surface area contributed by atoms with Crippen LogP contribution in [-0.2, 0) is 4.79 Å². The summed E-state index contributed by atoms with van der Waals surface area (Å²) in [5.74, 6) is 0.754. The van der Waals surface area contributed by atoms with Crippen LogP contribution in [0.2, 0.25) is 0 Å². The van der Waals surface area contributed by atoms with Gasteiger partial charge in [0, 0.05) is 13.0 Å². The highest BCUT2D eigenvalue weighted by Gasteiger charge is 2.06. The van der Waals surface area contributed by atoms with Crippen LogP contribution in [0.1, 0.15) is 19.3 Å². The number of primary amides is 1. The lowest BCUT2D eigenvalue weighted by Gasteiger charge is -2.06. The molecule has 0 saturated carbocycles. The summed E-state index contributed by atoms with van der Waals surface area (Å²) < 4.78 is 0. The lowest BCUT2D eigenvalue weighted by molar-refractivity contribution is -0.118. The van der Waals surface area contributed by atoms with Gasteiger partial charge in [0.15, 0.2) is 0 Å². The molecular formula is C11H15N5OS. The van der Waals surface area contributed by atoms with Gasteiger partial charge in [-0.15, -0.1) is 11.3 Å². The number of nitrogens with zero attached hydrogens (tertiary/aromatic N) is 2.